The second-order valence-electron chi connectivity index (χ2n) is 3.79. The summed E-state index contributed by atoms with van der Waals surface area (Å²) in [5.74, 6) is 0. The van der Waals surface area contributed by atoms with Crippen molar-refractivity contribution in [2.24, 2.45) is 0 Å². The number of nitrogen functional groups attached to an aromatic ring is 3. The lowest BCUT2D eigenvalue weighted by Gasteiger charge is -2.00. The molecule has 2 aromatic rings. The molecule has 0 bridgehead atoms. The lowest BCUT2D eigenvalue weighted by molar-refractivity contribution is 1.47. The van der Waals surface area contributed by atoms with Crippen LogP contribution in [0.5, 0.6) is 0 Å². The Morgan fingerprint density at radius 3 is 1.75 bits per heavy atom. The summed E-state index contributed by atoms with van der Waals surface area (Å²) in [5.41, 5.74) is 17.9. The molecule has 0 radical (unpaired) electrons. The van der Waals surface area contributed by atoms with Gasteiger partial charge in [0, 0.05) is 16.3 Å². The Morgan fingerprint density at radius 1 is 0.800 bits per heavy atom. The van der Waals surface area contributed by atoms with Crippen LogP contribution < -0.4 is 17.2 Å². The van der Waals surface area contributed by atoms with Gasteiger partial charge < -0.3 is 17.2 Å². The van der Waals surface area contributed by atoms with Crippen LogP contribution >= 0.6 is 46.6 Å². The second-order valence-corrected chi connectivity index (χ2v) is 5.86. The molecule has 0 aliphatic heterocycles. The number of rotatable bonds is 1. The molecule has 6 N–H and O–H groups in total. The van der Waals surface area contributed by atoms with Gasteiger partial charge in [0.25, 0.3) is 0 Å². The molecule has 0 saturated carbocycles. The third-order valence-electron chi connectivity index (χ3n) is 2.28. The average Bonchev–Trinajstić information content (AvgIpc) is 2.36. The molecule has 2 rings (SSSR count). The van der Waals surface area contributed by atoms with Gasteiger partial charge in [0.2, 0.25) is 0 Å². The predicted octanol–water partition coefficient (Wildman–Crippen LogP) is 4.80. The number of anilines is 3. The highest BCUT2D eigenvalue weighted by atomic mass is 35.5. The van der Waals surface area contributed by atoms with Crippen molar-refractivity contribution in [3.8, 4) is 0 Å². The maximum Gasteiger partial charge on any atom is 0.0694 e. The Morgan fingerprint density at radius 2 is 1.30 bits per heavy atom. The lowest BCUT2D eigenvalue weighted by Crippen LogP contribution is -1.90. The quantitative estimate of drug-likeness (QED) is 0.510. The molecule has 3 nitrogen and oxygen atoms in total. The van der Waals surface area contributed by atoms with Crippen LogP contribution in [-0.4, -0.2) is 6.26 Å². The van der Waals surface area contributed by atoms with Crippen molar-refractivity contribution >= 4 is 63.6 Å². The van der Waals surface area contributed by atoms with Crippen LogP contribution in [0.15, 0.2) is 35.2 Å². The summed E-state index contributed by atoms with van der Waals surface area (Å²) < 4.78 is 0. The zero-order chi connectivity index (χ0) is 15.3. The van der Waals surface area contributed by atoms with Crippen molar-refractivity contribution in [1.82, 2.24) is 0 Å². The van der Waals surface area contributed by atoms with Crippen LogP contribution in [0.2, 0.25) is 15.1 Å². The van der Waals surface area contributed by atoms with Gasteiger partial charge in [-0.1, -0.05) is 34.8 Å². The van der Waals surface area contributed by atoms with E-state index in [1.807, 2.05) is 18.4 Å². The summed E-state index contributed by atoms with van der Waals surface area (Å²) >= 11 is 18.7. The molecule has 108 valence electrons. The van der Waals surface area contributed by atoms with Gasteiger partial charge in [-0.2, -0.15) is 0 Å². The number of nitrogens with two attached hydrogens (primary N) is 3. The van der Waals surface area contributed by atoms with Crippen molar-refractivity contribution < 1.29 is 0 Å². The van der Waals surface area contributed by atoms with Gasteiger partial charge in [-0.15, -0.1) is 11.8 Å². The first kappa shape index (κ1) is 17.1. The van der Waals surface area contributed by atoms with Crippen molar-refractivity contribution in [2.45, 2.75) is 4.90 Å². The summed E-state index contributed by atoms with van der Waals surface area (Å²) in [6, 6.07) is 8.64. The molecule has 0 aliphatic rings. The second kappa shape index (κ2) is 7.74. The van der Waals surface area contributed by atoms with Gasteiger partial charge in [-0.3, -0.25) is 0 Å². The molecule has 2 aromatic carbocycles. The Labute approximate surface area is 137 Å². The van der Waals surface area contributed by atoms with Crippen LogP contribution in [0.25, 0.3) is 0 Å². The van der Waals surface area contributed by atoms with Gasteiger partial charge in [-0.25, -0.2) is 0 Å². The fraction of sp³-hybridized carbons (Fsp3) is 0.0769. The fourth-order valence-corrected chi connectivity index (χ4v) is 2.67. The Hall–Kier alpha value is -0.940. The zero-order valence-corrected chi connectivity index (χ0v) is 13.7. The van der Waals surface area contributed by atoms with Gasteiger partial charge in [0.15, 0.2) is 0 Å². The summed E-state index contributed by atoms with van der Waals surface area (Å²) in [6.45, 7) is 0. The minimum Gasteiger partial charge on any atom is -0.399 e. The summed E-state index contributed by atoms with van der Waals surface area (Å²) in [5, 5.41) is 1.52. The number of hydrogen-bond acceptors (Lipinski definition) is 4. The van der Waals surface area contributed by atoms with E-state index in [-0.39, 0.29) is 0 Å². The van der Waals surface area contributed by atoms with Crippen LogP contribution in [0.3, 0.4) is 0 Å². The monoisotopic (exact) mass is 349 g/mol. The molecular formula is C13H14Cl3N3S. The first-order valence-electron chi connectivity index (χ1n) is 5.44. The lowest BCUT2D eigenvalue weighted by atomic mass is 10.3. The van der Waals surface area contributed by atoms with E-state index < -0.39 is 0 Å². The van der Waals surface area contributed by atoms with E-state index in [0.717, 1.165) is 9.92 Å². The van der Waals surface area contributed by atoms with Crippen LogP contribution in [0.4, 0.5) is 17.1 Å². The van der Waals surface area contributed by atoms with E-state index in [9.17, 15) is 0 Å². The minimum atomic E-state index is 0.373. The van der Waals surface area contributed by atoms with Crippen LogP contribution in [0.1, 0.15) is 0 Å². The highest BCUT2D eigenvalue weighted by Crippen LogP contribution is 2.29. The van der Waals surface area contributed by atoms with Gasteiger partial charge in [0.05, 0.1) is 20.8 Å². The van der Waals surface area contributed by atoms with Crippen molar-refractivity contribution in [3.63, 3.8) is 0 Å². The molecule has 20 heavy (non-hydrogen) atoms. The molecule has 7 heteroatoms. The van der Waals surface area contributed by atoms with E-state index in [2.05, 4.69) is 0 Å². The van der Waals surface area contributed by atoms with Crippen molar-refractivity contribution in [2.75, 3.05) is 23.5 Å². The highest BCUT2D eigenvalue weighted by Gasteiger charge is 2.01. The molecule has 0 saturated heterocycles. The molecule has 0 spiro atoms. The molecule has 0 aliphatic carbocycles. The molecule has 0 fully saturated rings. The Bertz CT molecular complexity index is 582. The molecule has 0 unspecified atom stereocenters. The number of halogens is 3. The Balaban J connectivity index is 0.000000200. The maximum atomic E-state index is 5.83. The SMILES string of the molecule is CSc1ccc(N)cc1Cl.Nc1cc(Cl)c(N)c(Cl)c1. The molecule has 0 aromatic heterocycles. The Kier molecular flexibility index (Phi) is 6.62. The van der Waals surface area contributed by atoms with E-state index in [1.54, 1.807) is 30.0 Å². The minimum absolute atomic E-state index is 0.373. The summed E-state index contributed by atoms with van der Waals surface area (Å²) in [6.07, 6.45) is 1.98. The predicted molar refractivity (Wildman–Crippen MR) is 92.9 cm³/mol. The van der Waals surface area contributed by atoms with E-state index in [0.29, 0.717) is 27.1 Å². The largest absolute Gasteiger partial charge is 0.399 e. The molecule has 0 atom stereocenters. The van der Waals surface area contributed by atoms with Crippen LogP contribution in [0, 0.1) is 0 Å². The van der Waals surface area contributed by atoms with Gasteiger partial charge in [0.1, 0.15) is 0 Å². The standard InChI is InChI=1S/C7H8ClNS.C6H6Cl2N2/c1-10-7-3-2-5(9)4-6(7)8;7-4-1-3(9)2-5(8)6(4)10/h2-4H,9H2,1H3;1-2H,9-10H2. The van der Waals surface area contributed by atoms with Gasteiger partial charge in [-0.05, 0) is 36.6 Å². The maximum absolute atomic E-state index is 5.83. The molecule has 0 heterocycles. The topological polar surface area (TPSA) is 78.1 Å². The van der Waals surface area contributed by atoms with Crippen LogP contribution in [-0.2, 0) is 0 Å². The first-order valence-corrected chi connectivity index (χ1v) is 7.80. The first-order chi connectivity index (χ1) is 9.35. The van der Waals surface area contributed by atoms with E-state index in [1.165, 1.54) is 0 Å². The van der Waals surface area contributed by atoms with E-state index >= 15 is 0 Å². The number of thioether (sulfide) groups is 1. The molecule has 0 amide bonds. The number of benzene rings is 2. The third-order valence-corrected chi connectivity index (χ3v) is 4.12. The highest BCUT2D eigenvalue weighted by molar-refractivity contribution is 7.98. The zero-order valence-electron chi connectivity index (χ0n) is 10.7. The van der Waals surface area contributed by atoms with Crippen molar-refractivity contribution in [1.29, 1.82) is 0 Å². The summed E-state index contributed by atoms with van der Waals surface area (Å²) in [7, 11) is 0. The summed E-state index contributed by atoms with van der Waals surface area (Å²) in [4.78, 5) is 1.07. The average molecular weight is 351 g/mol. The van der Waals surface area contributed by atoms with Crippen molar-refractivity contribution in [3.05, 3.63) is 45.4 Å². The molecular weight excluding hydrogens is 337 g/mol. The third kappa shape index (κ3) is 4.87. The van der Waals surface area contributed by atoms with E-state index in [4.69, 9.17) is 52.0 Å². The van der Waals surface area contributed by atoms with Gasteiger partial charge >= 0.3 is 0 Å². The smallest absolute Gasteiger partial charge is 0.0694 e. The fourth-order valence-electron chi connectivity index (χ4n) is 1.29. The normalized spacial score (nSPS) is 9.80. The number of hydrogen-bond donors (Lipinski definition) is 3.